The van der Waals surface area contributed by atoms with Crippen LogP contribution in [0, 0.1) is 5.92 Å². The zero-order valence-electron chi connectivity index (χ0n) is 8.27. The summed E-state index contributed by atoms with van der Waals surface area (Å²) in [5, 5.41) is 9.46. The van der Waals surface area contributed by atoms with Crippen LogP contribution in [0.15, 0.2) is 18.2 Å². The SMILES string of the molecule is Nc1ccc(C(=O)OCC2CC2)c(O)c1. The van der Waals surface area contributed by atoms with Crippen LogP contribution in [0.4, 0.5) is 5.69 Å². The molecule has 4 heteroatoms. The van der Waals surface area contributed by atoms with E-state index in [-0.39, 0.29) is 11.3 Å². The Morgan fingerprint density at radius 3 is 2.87 bits per heavy atom. The second-order valence-corrected chi connectivity index (χ2v) is 3.82. The molecule has 0 amide bonds. The second kappa shape index (κ2) is 3.81. The van der Waals surface area contributed by atoms with Crippen LogP contribution < -0.4 is 5.73 Å². The number of phenolic OH excluding ortho intramolecular Hbond substituents is 1. The first kappa shape index (κ1) is 9.83. The number of rotatable bonds is 3. The molecule has 2 rings (SSSR count). The minimum absolute atomic E-state index is 0.129. The van der Waals surface area contributed by atoms with Crippen molar-refractivity contribution in [2.24, 2.45) is 5.92 Å². The van der Waals surface area contributed by atoms with Crippen molar-refractivity contribution in [2.75, 3.05) is 12.3 Å². The van der Waals surface area contributed by atoms with Gasteiger partial charge in [0.1, 0.15) is 11.3 Å². The number of ether oxygens (including phenoxy) is 1. The fourth-order valence-electron chi connectivity index (χ4n) is 1.28. The number of nitrogen functional groups attached to an aromatic ring is 1. The highest BCUT2D eigenvalue weighted by molar-refractivity contribution is 5.92. The zero-order chi connectivity index (χ0) is 10.8. The summed E-state index contributed by atoms with van der Waals surface area (Å²) in [6.07, 6.45) is 2.25. The van der Waals surface area contributed by atoms with Crippen molar-refractivity contribution in [1.29, 1.82) is 0 Å². The molecular weight excluding hydrogens is 194 g/mol. The number of esters is 1. The van der Waals surface area contributed by atoms with Gasteiger partial charge in [0.25, 0.3) is 0 Å². The van der Waals surface area contributed by atoms with Crippen LogP contribution in [0.2, 0.25) is 0 Å². The van der Waals surface area contributed by atoms with E-state index in [1.807, 2.05) is 0 Å². The van der Waals surface area contributed by atoms with Crippen molar-refractivity contribution in [1.82, 2.24) is 0 Å². The fraction of sp³-hybridized carbons (Fsp3) is 0.364. The summed E-state index contributed by atoms with van der Waals surface area (Å²) in [4.78, 5) is 11.5. The molecule has 0 radical (unpaired) electrons. The summed E-state index contributed by atoms with van der Waals surface area (Å²) in [7, 11) is 0. The van der Waals surface area contributed by atoms with Crippen LogP contribution in [-0.2, 0) is 4.74 Å². The average molecular weight is 207 g/mol. The molecule has 4 nitrogen and oxygen atoms in total. The third-order valence-corrected chi connectivity index (χ3v) is 2.39. The number of benzene rings is 1. The van der Waals surface area contributed by atoms with Gasteiger partial charge in [-0.2, -0.15) is 0 Å². The second-order valence-electron chi connectivity index (χ2n) is 3.82. The first-order valence-electron chi connectivity index (χ1n) is 4.92. The van der Waals surface area contributed by atoms with E-state index < -0.39 is 5.97 Å². The minimum Gasteiger partial charge on any atom is -0.507 e. The Bertz CT molecular complexity index is 385. The van der Waals surface area contributed by atoms with Gasteiger partial charge >= 0.3 is 5.97 Å². The minimum atomic E-state index is -0.487. The Hall–Kier alpha value is -1.71. The van der Waals surface area contributed by atoms with E-state index in [1.165, 1.54) is 12.1 Å². The van der Waals surface area contributed by atoms with Crippen LogP contribution in [-0.4, -0.2) is 17.7 Å². The van der Waals surface area contributed by atoms with E-state index in [0.29, 0.717) is 18.2 Å². The Balaban J connectivity index is 2.03. The maximum Gasteiger partial charge on any atom is 0.341 e. The predicted octanol–water partition coefficient (Wildman–Crippen LogP) is 1.54. The lowest BCUT2D eigenvalue weighted by Gasteiger charge is -2.05. The number of hydrogen-bond acceptors (Lipinski definition) is 4. The molecule has 0 aliphatic heterocycles. The highest BCUT2D eigenvalue weighted by atomic mass is 16.5. The molecule has 1 aromatic rings. The van der Waals surface area contributed by atoms with Crippen molar-refractivity contribution < 1.29 is 14.6 Å². The van der Waals surface area contributed by atoms with Crippen LogP contribution in [0.3, 0.4) is 0 Å². The molecule has 1 aliphatic carbocycles. The summed E-state index contributed by atoms with van der Waals surface area (Å²) in [6, 6.07) is 4.38. The molecule has 80 valence electrons. The Morgan fingerprint density at radius 1 is 1.53 bits per heavy atom. The molecule has 1 fully saturated rings. The number of carbonyl (C=O) groups is 1. The monoisotopic (exact) mass is 207 g/mol. The normalized spacial score (nSPS) is 14.9. The lowest BCUT2D eigenvalue weighted by Crippen LogP contribution is -2.07. The van der Waals surface area contributed by atoms with E-state index >= 15 is 0 Å². The number of aromatic hydroxyl groups is 1. The van der Waals surface area contributed by atoms with Crippen LogP contribution >= 0.6 is 0 Å². The summed E-state index contributed by atoms with van der Waals surface area (Å²) in [5.41, 5.74) is 6.04. The van der Waals surface area contributed by atoms with Crippen molar-refractivity contribution in [2.45, 2.75) is 12.8 Å². The highest BCUT2D eigenvalue weighted by Gasteiger charge is 2.24. The number of nitrogens with two attached hydrogens (primary N) is 1. The van der Waals surface area contributed by atoms with Crippen LogP contribution in [0.1, 0.15) is 23.2 Å². The molecule has 15 heavy (non-hydrogen) atoms. The predicted molar refractivity (Wildman–Crippen MR) is 55.5 cm³/mol. The molecular formula is C11H13NO3. The molecule has 1 aliphatic rings. The first-order valence-corrected chi connectivity index (χ1v) is 4.92. The fourth-order valence-corrected chi connectivity index (χ4v) is 1.28. The molecule has 3 N–H and O–H groups in total. The molecule has 0 heterocycles. The van der Waals surface area contributed by atoms with Gasteiger partial charge in [-0.15, -0.1) is 0 Å². The molecule has 0 saturated heterocycles. The molecule has 1 saturated carbocycles. The van der Waals surface area contributed by atoms with Crippen molar-refractivity contribution in [3.63, 3.8) is 0 Å². The smallest absolute Gasteiger partial charge is 0.341 e. The van der Waals surface area contributed by atoms with Crippen LogP contribution in [0.5, 0.6) is 5.75 Å². The van der Waals surface area contributed by atoms with E-state index in [2.05, 4.69) is 0 Å². The van der Waals surface area contributed by atoms with Gasteiger partial charge in [-0.1, -0.05) is 0 Å². The number of carbonyl (C=O) groups excluding carboxylic acids is 1. The quantitative estimate of drug-likeness (QED) is 0.582. The van der Waals surface area contributed by atoms with Gasteiger partial charge < -0.3 is 15.6 Å². The van der Waals surface area contributed by atoms with Crippen molar-refractivity contribution >= 4 is 11.7 Å². The van der Waals surface area contributed by atoms with Crippen molar-refractivity contribution in [3.05, 3.63) is 23.8 Å². The van der Waals surface area contributed by atoms with Crippen LogP contribution in [0.25, 0.3) is 0 Å². The number of phenols is 1. The summed E-state index contributed by atoms with van der Waals surface area (Å²) in [5.74, 6) is -0.0972. The topological polar surface area (TPSA) is 72.6 Å². The molecule has 0 bridgehead atoms. The summed E-state index contributed by atoms with van der Waals surface area (Å²) < 4.78 is 5.03. The molecule has 0 spiro atoms. The lowest BCUT2D eigenvalue weighted by atomic mass is 10.2. The maximum atomic E-state index is 11.5. The van der Waals surface area contributed by atoms with Gasteiger partial charge in [0, 0.05) is 11.8 Å². The largest absolute Gasteiger partial charge is 0.507 e. The van der Waals surface area contributed by atoms with Gasteiger partial charge in [-0.3, -0.25) is 0 Å². The zero-order valence-corrected chi connectivity index (χ0v) is 8.27. The van der Waals surface area contributed by atoms with E-state index in [1.54, 1.807) is 6.07 Å². The van der Waals surface area contributed by atoms with Gasteiger partial charge in [-0.25, -0.2) is 4.79 Å². The first-order chi connectivity index (χ1) is 7.16. The Kier molecular flexibility index (Phi) is 2.49. The van der Waals surface area contributed by atoms with Gasteiger partial charge in [-0.05, 0) is 30.9 Å². The molecule has 1 aromatic carbocycles. The Morgan fingerprint density at radius 2 is 2.27 bits per heavy atom. The molecule has 0 unspecified atom stereocenters. The van der Waals surface area contributed by atoms with E-state index in [4.69, 9.17) is 10.5 Å². The number of hydrogen-bond donors (Lipinski definition) is 2. The standard InChI is InChI=1S/C11H13NO3/c12-8-3-4-9(10(13)5-8)11(14)15-6-7-1-2-7/h3-5,7,13H,1-2,6,12H2. The number of anilines is 1. The van der Waals surface area contributed by atoms with Gasteiger partial charge in [0.05, 0.1) is 6.61 Å². The van der Waals surface area contributed by atoms with Gasteiger partial charge in [0.15, 0.2) is 0 Å². The molecule has 0 aromatic heterocycles. The lowest BCUT2D eigenvalue weighted by molar-refractivity contribution is 0.0483. The highest BCUT2D eigenvalue weighted by Crippen LogP contribution is 2.29. The van der Waals surface area contributed by atoms with E-state index in [9.17, 15) is 9.90 Å². The molecule has 0 atom stereocenters. The maximum absolute atomic E-state index is 11.5. The third kappa shape index (κ3) is 2.40. The van der Waals surface area contributed by atoms with Crippen molar-refractivity contribution in [3.8, 4) is 5.75 Å². The third-order valence-electron chi connectivity index (χ3n) is 2.39. The summed E-state index contributed by atoms with van der Waals surface area (Å²) in [6.45, 7) is 0.447. The van der Waals surface area contributed by atoms with E-state index in [0.717, 1.165) is 12.8 Å². The summed E-state index contributed by atoms with van der Waals surface area (Å²) >= 11 is 0. The Labute approximate surface area is 87.7 Å². The van der Waals surface area contributed by atoms with Gasteiger partial charge in [0.2, 0.25) is 0 Å². The average Bonchev–Trinajstić information content (AvgIpc) is 2.97.